The molecule has 0 spiro atoms. The van der Waals surface area contributed by atoms with E-state index in [9.17, 15) is 0 Å². The summed E-state index contributed by atoms with van der Waals surface area (Å²) in [4.78, 5) is 4.70. The highest BCUT2D eigenvalue weighted by molar-refractivity contribution is 7.27. The van der Waals surface area contributed by atoms with Gasteiger partial charge in [0.05, 0.1) is 22.1 Å². The Hall–Kier alpha value is -14.7. The molecule has 6 heteroatoms. The monoisotopic (exact) mass is 1550 g/mol. The Morgan fingerprint density at radius 3 is 0.958 bits per heavy atom. The van der Waals surface area contributed by atoms with Crippen molar-refractivity contribution >= 4 is 162 Å². The van der Waals surface area contributed by atoms with Crippen LogP contribution in [0, 0.1) is 0 Å². The highest BCUT2D eigenvalue weighted by Crippen LogP contribution is 2.58. The minimum atomic E-state index is -0.0804. The first kappa shape index (κ1) is 67.6. The summed E-state index contributed by atoms with van der Waals surface area (Å²) in [5.74, 6) is 0. The van der Waals surface area contributed by atoms with Crippen LogP contribution in [0.15, 0.2) is 400 Å². The number of benzene rings is 19. The Balaban J connectivity index is 0.000000134. The van der Waals surface area contributed by atoms with E-state index in [0.717, 1.165) is 39.8 Å². The Kier molecular flexibility index (Phi) is 14.9. The van der Waals surface area contributed by atoms with Crippen LogP contribution in [-0.2, 0) is 5.41 Å². The number of aromatic nitrogens is 2. The topological polar surface area (TPSA) is 16.3 Å². The molecule has 3 aliphatic rings. The first-order chi connectivity index (χ1) is 58.8. The van der Waals surface area contributed by atoms with Crippen molar-refractivity contribution in [2.24, 2.45) is 0 Å². The van der Waals surface area contributed by atoms with Crippen molar-refractivity contribution in [2.75, 3.05) is 9.80 Å². The smallest absolute Gasteiger partial charge is 0.0641 e. The summed E-state index contributed by atoms with van der Waals surface area (Å²) in [5.41, 5.74) is 34.7. The molecule has 19 aromatic carbocycles. The maximum Gasteiger partial charge on any atom is 0.0641 e. The number of fused-ring (bicyclic) bond motifs is 19. The predicted octanol–water partition coefficient (Wildman–Crippen LogP) is 32.5. The molecule has 0 saturated heterocycles. The molecule has 556 valence electrons. The zero-order valence-corrected chi connectivity index (χ0v) is 66.8. The molecule has 0 saturated carbocycles. The fraction of sp³-hybridized carbons (Fsp3) is 0.0265. The molecule has 23 aromatic rings. The Morgan fingerprint density at radius 2 is 0.529 bits per heavy atom. The number of nitrogens with zero attached hydrogens (tertiary/aromatic N) is 4. The lowest BCUT2D eigenvalue weighted by Gasteiger charge is -2.28. The molecule has 0 N–H and O–H groups in total. The van der Waals surface area contributed by atoms with E-state index in [1.54, 1.807) is 0 Å². The normalized spacial score (nSPS) is 12.7. The quantitative estimate of drug-likeness (QED) is 0.136. The standard InChI is InChI=1S/C61H40N2S.C52H32N2S/c1-61(2)51-23-10-8-18-45(51)46-35-34-42(36-52(46)61)62(39-14-4-3-5-15-39)40-30-26-37(27-31-40)38-28-32-41(33-29-38)63-53-24-13-21-48-44-17-7-6-16-43(44)47-20-12-22-50-55(47)58(56(48)53)59(63)57-49-19-9-11-25-54(49)64-60(50)57;1-3-13-35(14-4-1)53(36-15-5-2-6-16-36)37-29-25-33(26-30-37)34-27-31-38(32-28-34)54-45-23-12-21-42-40-18-8-7-17-39(40)41-20-11-22-44-47(41)50(48(42)45)51(54)49-43-19-9-10-24-46(43)55-52(44)49/h3-36H,1-2H3;1-32H. The van der Waals surface area contributed by atoms with E-state index in [0.29, 0.717) is 0 Å². The van der Waals surface area contributed by atoms with Crippen LogP contribution in [0.1, 0.15) is 25.0 Å². The average molecular weight is 1550 g/mol. The summed E-state index contributed by atoms with van der Waals surface area (Å²) in [5, 5.41) is 16.1. The summed E-state index contributed by atoms with van der Waals surface area (Å²) < 4.78 is 10.5. The van der Waals surface area contributed by atoms with Gasteiger partial charge in [0.2, 0.25) is 0 Å². The van der Waals surface area contributed by atoms with Gasteiger partial charge in [-0.1, -0.05) is 293 Å². The number of anilines is 6. The van der Waals surface area contributed by atoms with Crippen LogP contribution in [0.4, 0.5) is 34.1 Å². The molecule has 0 fully saturated rings. The van der Waals surface area contributed by atoms with Crippen molar-refractivity contribution < 1.29 is 0 Å². The number of hydrogen-bond acceptors (Lipinski definition) is 4. The van der Waals surface area contributed by atoms with Crippen LogP contribution in [-0.4, -0.2) is 9.13 Å². The highest BCUT2D eigenvalue weighted by atomic mass is 32.1. The van der Waals surface area contributed by atoms with Gasteiger partial charge in [0.1, 0.15) is 0 Å². The van der Waals surface area contributed by atoms with E-state index in [1.165, 1.54) is 200 Å². The van der Waals surface area contributed by atoms with Gasteiger partial charge in [-0.2, -0.15) is 0 Å². The Labute approximate surface area is 696 Å². The minimum absolute atomic E-state index is 0.0804. The minimum Gasteiger partial charge on any atom is -0.311 e. The van der Waals surface area contributed by atoms with E-state index in [4.69, 9.17) is 0 Å². The molecule has 4 nitrogen and oxygen atoms in total. The summed E-state index contributed by atoms with van der Waals surface area (Å²) in [6.07, 6.45) is 0. The molecule has 4 aromatic heterocycles. The molecular weight excluding hydrogens is 1480 g/mol. The van der Waals surface area contributed by atoms with Crippen LogP contribution in [0.2, 0.25) is 0 Å². The van der Waals surface area contributed by atoms with Crippen LogP contribution >= 0.6 is 22.7 Å². The van der Waals surface area contributed by atoms with Gasteiger partial charge in [0.25, 0.3) is 0 Å². The van der Waals surface area contributed by atoms with E-state index in [2.05, 4.69) is 433 Å². The fourth-order valence-corrected chi connectivity index (χ4v) is 23.1. The number of hydrogen-bond donors (Lipinski definition) is 0. The molecule has 0 bridgehead atoms. The van der Waals surface area contributed by atoms with Gasteiger partial charge < -0.3 is 18.9 Å². The van der Waals surface area contributed by atoms with Crippen LogP contribution in [0.3, 0.4) is 0 Å². The molecule has 119 heavy (non-hydrogen) atoms. The second-order valence-corrected chi connectivity index (χ2v) is 34.5. The van der Waals surface area contributed by atoms with Gasteiger partial charge in [-0.15, -0.1) is 22.7 Å². The van der Waals surface area contributed by atoms with Crippen LogP contribution in [0.25, 0.3) is 195 Å². The van der Waals surface area contributed by atoms with E-state index in [-0.39, 0.29) is 5.41 Å². The number of para-hydroxylation sites is 3. The lowest BCUT2D eigenvalue weighted by atomic mass is 9.82. The third kappa shape index (κ3) is 10.0. The van der Waals surface area contributed by atoms with Crippen molar-refractivity contribution in [3.05, 3.63) is 412 Å². The first-order valence-corrected chi connectivity index (χ1v) is 42.8. The molecule has 0 atom stereocenters. The van der Waals surface area contributed by atoms with Gasteiger partial charge in [0.15, 0.2) is 0 Å². The molecule has 0 unspecified atom stereocenters. The first-order valence-electron chi connectivity index (χ1n) is 41.1. The van der Waals surface area contributed by atoms with Gasteiger partial charge in [-0.05, 0) is 210 Å². The second kappa shape index (κ2) is 26.2. The third-order valence-corrected chi connectivity index (χ3v) is 28.2. The second-order valence-electron chi connectivity index (χ2n) is 32.4. The molecular formula is C113H72N4S2. The number of rotatable bonds is 10. The van der Waals surface area contributed by atoms with Crippen molar-refractivity contribution in [3.63, 3.8) is 0 Å². The van der Waals surface area contributed by atoms with Crippen molar-refractivity contribution in [3.8, 4) is 89.3 Å². The number of thiophene rings is 2. The molecule has 4 heterocycles. The SMILES string of the molecule is CC1(C)c2ccccc2-c2ccc(N(c3ccccc3)c3ccc(-c4ccc(-n5c6cccc7c6c6c8c(cccc8c8sc9ccccc9c8c65)-c5ccccc5-7)cc4)cc3)cc21.c1ccc(N(c2ccccc2)c2ccc(-c3ccc(-n4c5cccc6c5c5c7c(cccc7c7sc8ccccc8c7c54)-c4ccccc4-6)cc3)cc2)cc1. The van der Waals surface area contributed by atoms with Crippen molar-refractivity contribution in [1.29, 1.82) is 0 Å². The maximum atomic E-state index is 2.56. The van der Waals surface area contributed by atoms with Gasteiger partial charge in [0, 0.05) is 134 Å². The molecule has 0 aliphatic heterocycles. The Bertz CT molecular complexity index is 8110. The fourth-order valence-electron chi connectivity index (χ4n) is 20.6. The summed E-state index contributed by atoms with van der Waals surface area (Å²) >= 11 is 3.84. The summed E-state index contributed by atoms with van der Waals surface area (Å²) in [6.45, 7) is 4.71. The lowest BCUT2D eigenvalue weighted by molar-refractivity contribution is 0.660. The van der Waals surface area contributed by atoms with E-state index >= 15 is 0 Å². The van der Waals surface area contributed by atoms with Gasteiger partial charge in [-0.3, -0.25) is 0 Å². The maximum absolute atomic E-state index is 2.56. The van der Waals surface area contributed by atoms with Crippen LogP contribution < -0.4 is 9.80 Å². The zero-order chi connectivity index (χ0) is 78.3. The molecule has 3 aliphatic carbocycles. The van der Waals surface area contributed by atoms with Crippen molar-refractivity contribution in [1.82, 2.24) is 9.13 Å². The van der Waals surface area contributed by atoms with Crippen molar-refractivity contribution in [2.45, 2.75) is 19.3 Å². The van der Waals surface area contributed by atoms with Gasteiger partial charge >= 0.3 is 0 Å². The zero-order valence-electron chi connectivity index (χ0n) is 65.2. The lowest BCUT2D eigenvalue weighted by Crippen LogP contribution is -2.16. The summed E-state index contributed by atoms with van der Waals surface area (Å²) in [7, 11) is 0. The van der Waals surface area contributed by atoms with Crippen LogP contribution in [0.5, 0.6) is 0 Å². The predicted molar refractivity (Wildman–Crippen MR) is 509 cm³/mol. The summed E-state index contributed by atoms with van der Waals surface area (Å²) in [6, 6.07) is 148. The van der Waals surface area contributed by atoms with Gasteiger partial charge in [-0.25, -0.2) is 0 Å². The van der Waals surface area contributed by atoms with E-state index in [1.807, 2.05) is 22.7 Å². The molecule has 26 rings (SSSR count). The largest absolute Gasteiger partial charge is 0.311 e. The van der Waals surface area contributed by atoms with E-state index < -0.39 is 0 Å². The third-order valence-electron chi connectivity index (χ3n) is 25.8. The Morgan fingerprint density at radius 1 is 0.218 bits per heavy atom. The average Bonchev–Trinajstić information content (AvgIpc) is 1.52. The molecule has 0 amide bonds. The highest BCUT2D eigenvalue weighted by Gasteiger charge is 2.37. The molecule has 0 radical (unpaired) electrons.